The Hall–Kier alpha value is -2.67. The minimum absolute atomic E-state index is 0.0139. The van der Waals surface area contributed by atoms with Crippen molar-refractivity contribution in [1.29, 1.82) is 0 Å². The minimum Gasteiger partial charge on any atom is -0.354 e. The highest BCUT2D eigenvalue weighted by atomic mass is 35.5. The number of carbonyl (C=O) groups is 2. The summed E-state index contributed by atoms with van der Waals surface area (Å²) in [6, 6.07) is 7.82. The van der Waals surface area contributed by atoms with Gasteiger partial charge in [0, 0.05) is 18.8 Å². The zero-order valence-corrected chi connectivity index (χ0v) is 17.6. The maximum atomic E-state index is 13.8. The molecular formula is C21H24ClFN4O2. The van der Waals surface area contributed by atoms with Crippen molar-refractivity contribution in [2.24, 2.45) is 0 Å². The first-order chi connectivity index (χ1) is 13.6. The van der Waals surface area contributed by atoms with Crippen molar-refractivity contribution in [3.63, 3.8) is 0 Å². The average molecular weight is 419 g/mol. The van der Waals surface area contributed by atoms with Gasteiger partial charge in [-0.1, -0.05) is 25.4 Å². The van der Waals surface area contributed by atoms with Crippen molar-refractivity contribution in [2.75, 3.05) is 18.4 Å². The van der Waals surface area contributed by atoms with E-state index in [1.54, 1.807) is 36.9 Å². The summed E-state index contributed by atoms with van der Waals surface area (Å²) in [6.45, 7) is 8.18. The number of piperazine rings is 1. The predicted octanol–water partition coefficient (Wildman–Crippen LogP) is 4.09. The molecule has 0 aliphatic carbocycles. The topological polar surface area (TPSA) is 74.3 Å². The Kier molecular flexibility index (Phi) is 5.80. The summed E-state index contributed by atoms with van der Waals surface area (Å²) in [7, 11) is 0. The Morgan fingerprint density at radius 2 is 2.03 bits per heavy atom. The number of benzene rings is 1. The lowest BCUT2D eigenvalue weighted by Crippen LogP contribution is -2.63. The van der Waals surface area contributed by atoms with Crippen LogP contribution in [0, 0.1) is 5.82 Å². The highest BCUT2D eigenvalue weighted by Gasteiger charge is 2.41. The van der Waals surface area contributed by atoms with Gasteiger partial charge in [-0.25, -0.2) is 9.37 Å². The van der Waals surface area contributed by atoms with Crippen molar-refractivity contribution >= 4 is 34.8 Å². The van der Waals surface area contributed by atoms with E-state index in [-0.39, 0.29) is 28.4 Å². The number of carbonyl (C=O) groups excluding carboxylic acids is 2. The molecule has 1 aliphatic rings. The fourth-order valence-corrected chi connectivity index (χ4v) is 3.38. The molecule has 0 bridgehead atoms. The van der Waals surface area contributed by atoms with Gasteiger partial charge in [-0.2, -0.15) is 0 Å². The Bertz CT molecular complexity index is 962. The molecule has 2 amide bonds. The number of halogens is 2. The van der Waals surface area contributed by atoms with E-state index in [0.29, 0.717) is 30.2 Å². The van der Waals surface area contributed by atoms with Crippen LogP contribution in [0.25, 0.3) is 0 Å². The molecule has 8 heteroatoms. The highest BCUT2D eigenvalue weighted by Crippen LogP contribution is 2.29. The molecule has 154 valence electrons. The van der Waals surface area contributed by atoms with Gasteiger partial charge in [-0.15, -0.1) is 0 Å². The molecule has 0 spiro atoms. The van der Waals surface area contributed by atoms with E-state index in [0.717, 1.165) is 0 Å². The first-order valence-electron chi connectivity index (χ1n) is 9.44. The number of nitrogens with one attached hydrogen (secondary N) is 2. The van der Waals surface area contributed by atoms with E-state index in [2.05, 4.69) is 15.6 Å². The SMILES string of the molecule is CC(C)c1nc(C(=O)N2CCNC(=O)C2(C)C)ccc1Nc1ccc(Cl)c(F)c1. The zero-order chi connectivity index (χ0) is 21.3. The van der Waals surface area contributed by atoms with Crippen LogP contribution in [0.3, 0.4) is 0 Å². The second-order valence-corrected chi connectivity index (χ2v) is 8.22. The van der Waals surface area contributed by atoms with Crippen molar-refractivity contribution in [1.82, 2.24) is 15.2 Å². The number of aromatic nitrogens is 1. The standard InChI is InChI=1S/C21H24ClFN4O2/c1-12(2)18-16(25-13-5-6-14(22)15(23)11-13)7-8-17(26-18)19(28)27-10-9-24-20(29)21(27,3)4/h5-8,11-12,25H,9-10H2,1-4H3,(H,24,29). The summed E-state index contributed by atoms with van der Waals surface area (Å²) in [6.07, 6.45) is 0. The quantitative estimate of drug-likeness (QED) is 0.784. The van der Waals surface area contributed by atoms with Crippen LogP contribution >= 0.6 is 11.6 Å². The average Bonchev–Trinajstić information content (AvgIpc) is 2.66. The van der Waals surface area contributed by atoms with Crippen LogP contribution in [0.5, 0.6) is 0 Å². The summed E-state index contributed by atoms with van der Waals surface area (Å²) in [4.78, 5) is 31.4. The fraction of sp³-hybridized carbons (Fsp3) is 0.381. The van der Waals surface area contributed by atoms with E-state index < -0.39 is 11.4 Å². The van der Waals surface area contributed by atoms with E-state index in [1.807, 2.05) is 13.8 Å². The van der Waals surface area contributed by atoms with Gasteiger partial charge in [-0.05, 0) is 50.1 Å². The molecule has 0 saturated carbocycles. The van der Waals surface area contributed by atoms with Crippen molar-refractivity contribution < 1.29 is 14.0 Å². The summed E-state index contributed by atoms with van der Waals surface area (Å²) in [5.74, 6) is -0.992. The molecule has 0 unspecified atom stereocenters. The van der Waals surface area contributed by atoms with Crippen LogP contribution in [0.4, 0.5) is 15.8 Å². The van der Waals surface area contributed by atoms with E-state index >= 15 is 0 Å². The molecule has 1 fully saturated rings. The van der Waals surface area contributed by atoms with Crippen molar-refractivity contribution in [3.05, 3.63) is 52.6 Å². The zero-order valence-electron chi connectivity index (χ0n) is 16.8. The van der Waals surface area contributed by atoms with Gasteiger partial charge in [-0.3, -0.25) is 9.59 Å². The smallest absolute Gasteiger partial charge is 0.273 e. The molecule has 3 rings (SSSR count). The third kappa shape index (κ3) is 4.19. The number of rotatable bonds is 4. The minimum atomic E-state index is -0.952. The maximum absolute atomic E-state index is 13.8. The molecule has 1 aliphatic heterocycles. The maximum Gasteiger partial charge on any atom is 0.273 e. The third-order valence-electron chi connectivity index (χ3n) is 4.99. The molecule has 2 aromatic rings. The monoisotopic (exact) mass is 418 g/mol. The largest absolute Gasteiger partial charge is 0.354 e. The van der Waals surface area contributed by atoms with Crippen molar-refractivity contribution in [2.45, 2.75) is 39.2 Å². The second-order valence-electron chi connectivity index (χ2n) is 7.81. The molecule has 1 aromatic heterocycles. The number of nitrogens with zero attached hydrogens (tertiary/aromatic N) is 2. The summed E-state index contributed by atoms with van der Waals surface area (Å²) in [5, 5.41) is 5.97. The van der Waals surface area contributed by atoms with Gasteiger partial charge in [0.2, 0.25) is 5.91 Å². The van der Waals surface area contributed by atoms with Gasteiger partial charge >= 0.3 is 0 Å². The Labute approximate surface area is 174 Å². The molecule has 0 atom stereocenters. The number of hydrogen-bond donors (Lipinski definition) is 2. The lowest BCUT2D eigenvalue weighted by Gasteiger charge is -2.41. The summed E-state index contributed by atoms with van der Waals surface area (Å²) >= 11 is 5.74. The fourth-order valence-electron chi connectivity index (χ4n) is 3.26. The Balaban J connectivity index is 1.92. The predicted molar refractivity (Wildman–Crippen MR) is 111 cm³/mol. The van der Waals surface area contributed by atoms with Crippen LogP contribution in [0.2, 0.25) is 5.02 Å². The van der Waals surface area contributed by atoms with Crippen LogP contribution in [-0.4, -0.2) is 40.3 Å². The molecule has 0 radical (unpaired) electrons. The normalized spacial score (nSPS) is 16.0. The van der Waals surface area contributed by atoms with E-state index in [4.69, 9.17) is 11.6 Å². The van der Waals surface area contributed by atoms with Gasteiger partial charge in [0.05, 0.1) is 16.4 Å². The first kappa shape index (κ1) is 21.0. The lowest BCUT2D eigenvalue weighted by molar-refractivity contribution is -0.133. The summed E-state index contributed by atoms with van der Waals surface area (Å²) in [5.41, 5.74) is 1.19. The summed E-state index contributed by atoms with van der Waals surface area (Å²) < 4.78 is 13.8. The van der Waals surface area contributed by atoms with Crippen LogP contribution < -0.4 is 10.6 Å². The van der Waals surface area contributed by atoms with E-state index in [9.17, 15) is 14.0 Å². The highest BCUT2D eigenvalue weighted by molar-refractivity contribution is 6.30. The van der Waals surface area contributed by atoms with Crippen molar-refractivity contribution in [3.8, 4) is 0 Å². The van der Waals surface area contributed by atoms with Gasteiger partial charge in [0.15, 0.2) is 0 Å². The Morgan fingerprint density at radius 1 is 1.31 bits per heavy atom. The molecule has 1 aromatic carbocycles. The molecular weight excluding hydrogens is 395 g/mol. The number of anilines is 2. The molecule has 2 heterocycles. The number of pyridine rings is 1. The van der Waals surface area contributed by atoms with Crippen LogP contribution in [0.15, 0.2) is 30.3 Å². The molecule has 6 nitrogen and oxygen atoms in total. The number of hydrogen-bond acceptors (Lipinski definition) is 4. The van der Waals surface area contributed by atoms with Gasteiger partial charge in [0.25, 0.3) is 5.91 Å². The van der Waals surface area contributed by atoms with Crippen LogP contribution in [0.1, 0.15) is 49.8 Å². The molecule has 1 saturated heterocycles. The van der Waals surface area contributed by atoms with Crippen LogP contribution in [-0.2, 0) is 4.79 Å². The molecule has 29 heavy (non-hydrogen) atoms. The van der Waals surface area contributed by atoms with Gasteiger partial charge in [0.1, 0.15) is 17.1 Å². The number of amides is 2. The third-order valence-corrected chi connectivity index (χ3v) is 5.29. The second kappa shape index (κ2) is 7.99. The Morgan fingerprint density at radius 3 is 2.69 bits per heavy atom. The van der Waals surface area contributed by atoms with Gasteiger partial charge < -0.3 is 15.5 Å². The van der Waals surface area contributed by atoms with E-state index in [1.165, 1.54) is 12.1 Å². The first-order valence-corrected chi connectivity index (χ1v) is 9.82. The molecule has 2 N–H and O–H groups in total. The lowest BCUT2D eigenvalue weighted by atomic mass is 9.98.